The summed E-state index contributed by atoms with van der Waals surface area (Å²) in [5.74, 6) is 0.433. The second-order valence-corrected chi connectivity index (χ2v) is 7.91. The van der Waals surface area contributed by atoms with E-state index in [1.165, 1.54) is 25.7 Å². The Morgan fingerprint density at radius 2 is 1.94 bits per heavy atom. The van der Waals surface area contributed by atoms with Gasteiger partial charge >= 0.3 is 129 Å². The molecule has 1 aliphatic rings. The zero-order valence-corrected chi connectivity index (χ0v) is 14.0. The molecule has 0 aliphatic heterocycles. The minimum absolute atomic E-state index is 0.0775. The number of halogens is 2. The summed E-state index contributed by atoms with van der Waals surface area (Å²) in [6.45, 7) is 0. The molecule has 0 spiro atoms. The first kappa shape index (κ1) is 14.7. The molecule has 0 nitrogen and oxygen atoms in total. The first-order valence-corrected chi connectivity index (χ1v) is 8.54. The third kappa shape index (κ3) is 3.66. The summed E-state index contributed by atoms with van der Waals surface area (Å²) < 4.78 is 14.8. The summed E-state index contributed by atoms with van der Waals surface area (Å²) in [5.41, 5.74) is 1.03. The average Bonchev–Trinajstić information content (AvgIpc) is 2.37. The van der Waals surface area contributed by atoms with Crippen LogP contribution in [0.2, 0.25) is 8.96 Å². The van der Waals surface area contributed by atoms with Crippen LogP contribution in [0.1, 0.15) is 37.7 Å². The Morgan fingerprint density at radius 3 is 2.61 bits per heavy atom. The van der Waals surface area contributed by atoms with E-state index in [1.54, 1.807) is 34.7 Å². The molecule has 5 radical (unpaired) electrons. The van der Waals surface area contributed by atoms with Gasteiger partial charge in [0.25, 0.3) is 0 Å². The summed E-state index contributed by atoms with van der Waals surface area (Å²) in [4.78, 5) is 0. The van der Waals surface area contributed by atoms with E-state index in [9.17, 15) is 4.39 Å². The molecule has 4 heteroatoms. The number of benzene rings is 1. The monoisotopic (exact) mass is 369 g/mol. The van der Waals surface area contributed by atoms with Crippen LogP contribution < -0.4 is 5.46 Å². The molecule has 1 aromatic rings. The quantitative estimate of drug-likeness (QED) is 0.718. The number of hydrogen-bond acceptors (Lipinski definition) is 0. The summed E-state index contributed by atoms with van der Waals surface area (Å²) in [5, 5.41) is 0.0775. The van der Waals surface area contributed by atoms with Crippen molar-refractivity contribution in [3.05, 3.63) is 28.5 Å². The van der Waals surface area contributed by atoms with Gasteiger partial charge in [0.05, 0.1) is 0 Å². The normalized spacial score (nSPS) is 24.2. The van der Waals surface area contributed by atoms with Crippen LogP contribution in [0.5, 0.6) is 0 Å². The molecule has 1 aromatic carbocycles. The van der Waals surface area contributed by atoms with Crippen molar-refractivity contribution in [3.8, 4) is 0 Å². The van der Waals surface area contributed by atoms with Crippen LogP contribution in [0.4, 0.5) is 4.39 Å². The van der Waals surface area contributed by atoms with Crippen LogP contribution in [0.25, 0.3) is 0 Å². The van der Waals surface area contributed by atoms with Gasteiger partial charge in [-0.1, -0.05) is 0 Å². The second-order valence-electron chi connectivity index (χ2n) is 5.20. The standard InChI is InChI=1S/C14H16BClF.Sn/c15-12-9-8-11(14(17)13(12)16)7-6-10-4-2-1-3-5-10;/h1,8-10H,2-7H2;. The second kappa shape index (κ2) is 6.65. The van der Waals surface area contributed by atoms with Gasteiger partial charge in [0.1, 0.15) is 0 Å². The van der Waals surface area contributed by atoms with Gasteiger partial charge in [-0.25, -0.2) is 0 Å². The fourth-order valence-electron chi connectivity index (χ4n) is 2.61. The van der Waals surface area contributed by atoms with Crippen molar-refractivity contribution in [2.75, 3.05) is 0 Å². The number of hydrogen-bond donors (Lipinski definition) is 0. The summed E-state index contributed by atoms with van der Waals surface area (Å²) >= 11 is 7.50. The van der Waals surface area contributed by atoms with Crippen molar-refractivity contribution in [3.63, 3.8) is 0 Å². The molecule has 0 saturated heterocycles. The molecule has 18 heavy (non-hydrogen) atoms. The van der Waals surface area contributed by atoms with Crippen LogP contribution in [-0.2, 0) is 6.42 Å². The van der Waals surface area contributed by atoms with Gasteiger partial charge in [-0.05, 0) is 0 Å². The average molecular weight is 368 g/mol. The van der Waals surface area contributed by atoms with E-state index in [4.69, 9.17) is 19.4 Å². The molecule has 1 saturated carbocycles. The SMILES string of the molecule is [B]c1ccc(CCC2CC[CH]([Sn])CC2)c(F)c1Cl. The van der Waals surface area contributed by atoms with Crippen molar-refractivity contribution >= 4 is 47.4 Å². The number of aryl methyl sites for hydroxylation is 1. The third-order valence-corrected chi connectivity index (χ3v) is 5.89. The van der Waals surface area contributed by atoms with Crippen molar-refractivity contribution in [2.45, 2.75) is 42.5 Å². The van der Waals surface area contributed by atoms with Crippen molar-refractivity contribution in [2.24, 2.45) is 5.92 Å². The fraction of sp³-hybridized carbons (Fsp3) is 0.571. The Morgan fingerprint density at radius 1 is 1.28 bits per heavy atom. The Kier molecular flexibility index (Phi) is 5.43. The maximum atomic E-state index is 13.9. The van der Waals surface area contributed by atoms with Gasteiger partial charge in [0, 0.05) is 0 Å². The Labute approximate surface area is 128 Å². The van der Waals surface area contributed by atoms with Crippen LogP contribution in [-0.4, -0.2) is 30.4 Å². The minimum atomic E-state index is -0.328. The molecule has 0 atom stereocenters. The molecule has 0 aromatic heterocycles. The molecule has 0 heterocycles. The first-order valence-electron chi connectivity index (χ1n) is 6.51. The van der Waals surface area contributed by atoms with E-state index in [0.717, 1.165) is 22.7 Å². The van der Waals surface area contributed by atoms with Crippen molar-refractivity contribution in [1.29, 1.82) is 0 Å². The van der Waals surface area contributed by atoms with Crippen LogP contribution in [0, 0.1) is 11.7 Å². The van der Waals surface area contributed by atoms with Gasteiger partial charge in [0.2, 0.25) is 0 Å². The van der Waals surface area contributed by atoms with Gasteiger partial charge < -0.3 is 0 Å². The van der Waals surface area contributed by atoms with E-state index >= 15 is 0 Å². The van der Waals surface area contributed by atoms with Gasteiger partial charge in [-0.3, -0.25) is 0 Å². The van der Waals surface area contributed by atoms with Crippen molar-refractivity contribution in [1.82, 2.24) is 0 Å². The Hall–Kier alpha value is 0.304. The van der Waals surface area contributed by atoms with Crippen LogP contribution >= 0.6 is 11.6 Å². The third-order valence-electron chi connectivity index (χ3n) is 3.86. The molecule has 1 aliphatic carbocycles. The number of rotatable bonds is 3. The van der Waals surface area contributed by atoms with Crippen LogP contribution in [0.3, 0.4) is 0 Å². The van der Waals surface area contributed by atoms with Gasteiger partial charge in [-0.15, -0.1) is 0 Å². The molecule has 0 bridgehead atoms. The summed E-state index contributed by atoms with van der Waals surface area (Å²) in [6.07, 6.45) is 7.17. The van der Waals surface area contributed by atoms with E-state index in [-0.39, 0.29) is 10.8 Å². The molecular weight excluding hydrogens is 352 g/mol. The molecule has 1 fully saturated rings. The first-order chi connectivity index (χ1) is 8.58. The molecule has 93 valence electrons. The van der Waals surface area contributed by atoms with E-state index in [2.05, 4.69) is 0 Å². The van der Waals surface area contributed by atoms with Gasteiger partial charge in [0.15, 0.2) is 0 Å². The van der Waals surface area contributed by atoms with E-state index < -0.39 is 0 Å². The van der Waals surface area contributed by atoms with E-state index in [1.807, 2.05) is 0 Å². The van der Waals surface area contributed by atoms with Crippen LogP contribution in [0.15, 0.2) is 12.1 Å². The molecule has 0 N–H and O–H groups in total. The summed E-state index contributed by atoms with van der Waals surface area (Å²) in [6, 6.07) is 3.47. The molecule has 0 amide bonds. The van der Waals surface area contributed by atoms with E-state index in [0.29, 0.717) is 11.0 Å². The Balaban J connectivity index is 1.92. The molecule has 2 rings (SSSR count). The predicted molar refractivity (Wildman–Crippen MR) is 76.6 cm³/mol. The zero-order valence-electron chi connectivity index (χ0n) is 10.4. The topological polar surface area (TPSA) is 0 Å². The Bertz CT molecular complexity index is 417. The molecular formula is C14H16BClFSn. The fourth-order valence-corrected chi connectivity index (χ4v) is 3.74. The predicted octanol–water partition coefficient (Wildman–Crippen LogP) is 3.35. The zero-order chi connectivity index (χ0) is 13.1. The molecule has 0 unspecified atom stereocenters. The van der Waals surface area contributed by atoms with Gasteiger partial charge in [-0.2, -0.15) is 0 Å². The maximum absolute atomic E-state index is 13.9. The van der Waals surface area contributed by atoms with Crippen molar-refractivity contribution < 1.29 is 4.39 Å². The summed E-state index contributed by atoms with van der Waals surface area (Å²) in [7, 11) is 5.57.